The summed E-state index contributed by atoms with van der Waals surface area (Å²) in [5, 5.41) is 3.21. The summed E-state index contributed by atoms with van der Waals surface area (Å²) in [4.78, 5) is 19.9. The zero-order valence-electron chi connectivity index (χ0n) is 16.3. The quantitative estimate of drug-likeness (QED) is 0.669. The molecule has 4 rings (SSSR count). The Morgan fingerprint density at radius 1 is 1.21 bits per heavy atom. The summed E-state index contributed by atoms with van der Waals surface area (Å²) < 4.78 is 11.5. The van der Waals surface area contributed by atoms with E-state index in [9.17, 15) is 4.79 Å². The molecule has 0 saturated heterocycles. The van der Waals surface area contributed by atoms with Gasteiger partial charge in [0, 0.05) is 29.8 Å². The van der Waals surface area contributed by atoms with Crippen molar-refractivity contribution in [3.8, 4) is 33.9 Å². The number of anilines is 1. The van der Waals surface area contributed by atoms with Crippen molar-refractivity contribution in [2.45, 2.75) is 26.6 Å². The zero-order valence-corrected chi connectivity index (χ0v) is 16.3. The summed E-state index contributed by atoms with van der Waals surface area (Å²) in [6.45, 7) is 4.90. The number of rotatable bonds is 6. The Bertz CT molecular complexity index is 1070. The Hall–Kier alpha value is -3.61. The third-order valence-electron chi connectivity index (χ3n) is 4.77. The van der Waals surface area contributed by atoms with Gasteiger partial charge in [-0.3, -0.25) is 4.79 Å². The predicted octanol–water partition coefficient (Wildman–Crippen LogP) is 3.39. The molecule has 0 saturated carbocycles. The molecule has 148 valence electrons. The van der Waals surface area contributed by atoms with Gasteiger partial charge in [-0.1, -0.05) is 12.1 Å². The van der Waals surface area contributed by atoms with Crippen LogP contribution in [0.1, 0.15) is 19.4 Å². The van der Waals surface area contributed by atoms with Crippen LogP contribution in [0, 0.1) is 0 Å². The molecule has 1 amide bonds. The molecule has 29 heavy (non-hydrogen) atoms. The predicted molar refractivity (Wildman–Crippen MR) is 111 cm³/mol. The van der Waals surface area contributed by atoms with Crippen molar-refractivity contribution in [3.05, 3.63) is 54.4 Å². The maximum atomic E-state index is 11.2. The largest absolute Gasteiger partial charge is 0.488 e. The number of hydrogen-bond acceptors (Lipinski definition) is 6. The molecule has 1 aliphatic rings. The molecule has 0 aliphatic carbocycles. The van der Waals surface area contributed by atoms with Gasteiger partial charge in [0.15, 0.2) is 6.10 Å². The van der Waals surface area contributed by atoms with Gasteiger partial charge < -0.3 is 20.5 Å². The van der Waals surface area contributed by atoms with Gasteiger partial charge in [0.2, 0.25) is 0 Å². The number of nitrogens with zero attached hydrogens (tertiary/aromatic N) is 2. The smallest absolute Gasteiger partial charge is 0.258 e. The summed E-state index contributed by atoms with van der Waals surface area (Å²) >= 11 is 0. The number of primary amides is 1. The van der Waals surface area contributed by atoms with Crippen LogP contribution in [0.4, 0.5) is 5.82 Å². The molecule has 0 fully saturated rings. The van der Waals surface area contributed by atoms with Gasteiger partial charge in [0.25, 0.3) is 5.91 Å². The molecule has 3 aromatic rings. The molecule has 7 heteroatoms. The van der Waals surface area contributed by atoms with E-state index in [1.807, 2.05) is 31.2 Å². The molecule has 1 aromatic heterocycles. The topological polar surface area (TPSA) is 99.4 Å². The lowest BCUT2D eigenvalue weighted by molar-refractivity contribution is -0.123. The molecule has 0 radical (unpaired) electrons. The number of aromatic nitrogens is 2. The molecule has 1 aliphatic heterocycles. The normalized spacial score (nSPS) is 12.9. The molecule has 1 atom stereocenters. The molecule has 3 N–H and O–H groups in total. The van der Waals surface area contributed by atoms with E-state index in [1.54, 1.807) is 19.3 Å². The zero-order chi connectivity index (χ0) is 20.4. The first-order chi connectivity index (χ1) is 14.0. The summed E-state index contributed by atoms with van der Waals surface area (Å²) in [6.07, 6.45) is 0.854. The van der Waals surface area contributed by atoms with Gasteiger partial charge in [-0.25, -0.2) is 9.97 Å². The van der Waals surface area contributed by atoms with Gasteiger partial charge in [-0.2, -0.15) is 0 Å². The fourth-order valence-corrected chi connectivity index (χ4v) is 3.24. The maximum absolute atomic E-state index is 11.2. The second-order valence-electron chi connectivity index (χ2n) is 6.80. The Balaban J connectivity index is 1.68. The van der Waals surface area contributed by atoms with Gasteiger partial charge in [-0.05, 0) is 43.2 Å². The summed E-state index contributed by atoms with van der Waals surface area (Å²) in [5.74, 6) is 1.53. The average Bonchev–Trinajstić information content (AvgIpc) is 2.73. The Morgan fingerprint density at radius 2 is 2.07 bits per heavy atom. The molecule has 0 spiro atoms. The fraction of sp³-hybridized carbons (Fsp3) is 0.227. The lowest BCUT2D eigenvalue weighted by Crippen LogP contribution is -2.30. The monoisotopic (exact) mass is 390 g/mol. The van der Waals surface area contributed by atoms with Crippen LogP contribution in [0.5, 0.6) is 11.5 Å². The number of nitrogens with two attached hydrogens (primary N) is 1. The number of benzene rings is 2. The number of nitrogens with one attached hydrogen (secondary N) is 1. The maximum Gasteiger partial charge on any atom is 0.258 e. The van der Waals surface area contributed by atoms with Crippen molar-refractivity contribution in [2.75, 3.05) is 11.9 Å². The van der Waals surface area contributed by atoms with E-state index in [2.05, 4.69) is 27.4 Å². The molecule has 2 aromatic carbocycles. The third-order valence-corrected chi connectivity index (χ3v) is 4.77. The van der Waals surface area contributed by atoms with Crippen molar-refractivity contribution in [1.82, 2.24) is 9.97 Å². The minimum atomic E-state index is -0.709. The van der Waals surface area contributed by atoms with Crippen LogP contribution >= 0.6 is 0 Å². The van der Waals surface area contributed by atoms with E-state index in [4.69, 9.17) is 15.2 Å². The molecular formula is C22H22N4O3. The second-order valence-corrected chi connectivity index (χ2v) is 6.80. The highest BCUT2D eigenvalue weighted by Gasteiger charge is 2.20. The van der Waals surface area contributed by atoms with Gasteiger partial charge in [0.05, 0.1) is 5.69 Å². The van der Waals surface area contributed by atoms with Crippen LogP contribution in [0.25, 0.3) is 22.4 Å². The first-order valence-corrected chi connectivity index (χ1v) is 9.47. The van der Waals surface area contributed by atoms with Crippen LogP contribution in [0.2, 0.25) is 0 Å². The summed E-state index contributed by atoms with van der Waals surface area (Å²) in [6, 6.07) is 13.7. The Labute approximate surface area is 168 Å². The molecule has 7 nitrogen and oxygen atoms in total. The van der Waals surface area contributed by atoms with Crippen LogP contribution in [-0.2, 0) is 11.4 Å². The van der Waals surface area contributed by atoms with Crippen LogP contribution < -0.4 is 20.5 Å². The highest BCUT2D eigenvalue weighted by Crippen LogP contribution is 2.41. The molecule has 0 bridgehead atoms. The van der Waals surface area contributed by atoms with Crippen molar-refractivity contribution in [2.24, 2.45) is 5.73 Å². The van der Waals surface area contributed by atoms with Crippen molar-refractivity contribution >= 4 is 11.7 Å². The summed E-state index contributed by atoms with van der Waals surface area (Å²) in [5.41, 5.74) is 10.3. The third kappa shape index (κ3) is 3.85. The SMILES string of the molecule is CCNc1cc(-c2ccc3c(c2)-c2ccc(O[C@@H](C)C(N)=O)cc2OC3)ncn1. The Morgan fingerprint density at radius 3 is 2.86 bits per heavy atom. The first-order valence-electron chi connectivity index (χ1n) is 9.47. The minimum absolute atomic E-state index is 0.462. The van der Waals surface area contributed by atoms with E-state index in [0.717, 1.165) is 40.3 Å². The van der Waals surface area contributed by atoms with E-state index < -0.39 is 12.0 Å². The number of carbonyl (C=O) groups is 1. The number of carbonyl (C=O) groups excluding carboxylic acids is 1. The van der Waals surface area contributed by atoms with Gasteiger partial charge in [0.1, 0.15) is 30.3 Å². The van der Waals surface area contributed by atoms with Crippen LogP contribution in [-0.4, -0.2) is 28.5 Å². The van der Waals surface area contributed by atoms with E-state index >= 15 is 0 Å². The van der Waals surface area contributed by atoms with Crippen molar-refractivity contribution in [1.29, 1.82) is 0 Å². The standard InChI is InChI=1S/C22H22N4O3/c1-3-24-21-10-19(25-12-26-21)14-4-5-15-11-28-20-9-16(29-13(2)22(23)27)6-7-17(20)18(15)8-14/h4-10,12-13H,3,11H2,1-2H3,(H2,23,27)(H,24,25,26)/t13-/m0/s1. The lowest BCUT2D eigenvalue weighted by atomic mass is 9.94. The van der Waals surface area contributed by atoms with Gasteiger partial charge in [-0.15, -0.1) is 0 Å². The van der Waals surface area contributed by atoms with Gasteiger partial charge >= 0.3 is 0 Å². The van der Waals surface area contributed by atoms with Crippen molar-refractivity contribution in [3.63, 3.8) is 0 Å². The number of amides is 1. The van der Waals surface area contributed by atoms with Crippen molar-refractivity contribution < 1.29 is 14.3 Å². The fourth-order valence-electron chi connectivity index (χ4n) is 3.24. The summed E-state index contributed by atoms with van der Waals surface area (Å²) in [7, 11) is 0. The average molecular weight is 390 g/mol. The van der Waals surface area contributed by atoms with Crippen LogP contribution in [0.15, 0.2) is 48.8 Å². The van der Waals surface area contributed by atoms with E-state index in [-0.39, 0.29) is 0 Å². The number of fused-ring (bicyclic) bond motifs is 3. The van der Waals surface area contributed by atoms with E-state index in [0.29, 0.717) is 18.1 Å². The first kappa shape index (κ1) is 18.7. The minimum Gasteiger partial charge on any atom is -0.488 e. The lowest BCUT2D eigenvalue weighted by Gasteiger charge is -2.22. The van der Waals surface area contributed by atoms with E-state index in [1.165, 1.54) is 0 Å². The highest BCUT2D eigenvalue weighted by molar-refractivity contribution is 5.81. The number of ether oxygens (including phenoxy) is 2. The second kappa shape index (κ2) is 7.79. The molecule has 0 unspecified atom stereocenters. The number of hydrogen-bond donors (Lipinski definition) is 2. The molecule has 2 heterocycles. The highest BCUT2D eigenvalue weighted by atomic mass is 16.5. The molecular weight excluding hydrogens is 368 g/mol. The van der Waals surface area contributed by atoms with Crippen LogP contribution in [0.3, 0.4) is 0 Å². The Kier molecular flexibility index (Phi) is 5.03.